The molecule has 4 rings (SSSR count). The minimum Gasteiger partial charge on any atom is -0.497 e. The predicted molar refractivity (Wildman–Crippen MR) is 114 cm³/mol. The summed E-state index contributed by atoms with van der Waals surface area (Å²) < 4.78 is 10.4. The molecule has 0 aliphatic heterocycles. The van der Waals surface area contributed by atoms with Crippen LogP contribution in [0.3, 0.4) is 0 Å². The highest BCUT2D eigenvalue weighted by Gasteiger charge is 2.08. The van der Waals surface area contributed by atoms with Gasteiger partial charge in [-0.1, -0.05) is 60.7 Å². The zero-order valence-corrected chi connectivity index (χ0v) is 15.8. The molecule has 0 fully saturated rings. The Kier molecular flexibility index (Phi) is 5.08. The molecule has 0 radical (unpaired) electrons. The lowest BCUT2D eigenvalue weighted by molar-refractivity contribution is 0.104. The topological polar surface area (TPSA) is 56.5 Å². The van der Waals surface area contributed by atoms with Gasteiger partial charge in [0.25, 0.3) is 0 Å². The molecule has 3 aromatic carbocycles. The van der Waals surface area contributed by atoms with Crippen LogP contribution in [-0.2, 0) is 0 Å². The maximum absolute atomic E-state index is 12.5. The average molecular weight is 382 g/mol. The fourth-order valence-corrected chi connectivity index (χ4v) is 3.15. The number of carbonyl (C=O) groups excluding carboxylic acids is 1. The number of hydrogen-bond donors (Lipinski definition) is 0. The van der Waals surface area contributed by atoms with Crippen molar-refractivity contribution in [3.05, 3.63) is 106 Å². The number of ketones is 1. The van der Waals surface area contributed by atoms with E-state index in [2.05, 4.69) is 0 Å². The summed E-state index contributed by atoms with van der Waals surface area (Å²) in [5, 5.41) is 0.852. The Balaban J connectivity index is 1.58. The summed E-state index contributed by atoms with van der Waals surface area (Å²) in [4.78, 5) is 24.4. The Hall–Kier alpha value is -3.92. The third-order valence-electron chi connectivity index (χ3n) is 4.67. The largest absolute Gasteiger partial charge is 0.497 e. The SMILES string of the molecule is COc1ccc(C=CC(=O)c2ccc(-c3cc(=O)oc4ccccc34)cc2)cc1. The van der Waals surface area contributed by atoms with E-state index in [0.717, 1.165) is 27.8 Å². The summed E-state index contributed by atoms with van der Waals surface area (Å²) in [5.41, 5.74) is 3.26. The van der Waals surface area contributed by atoms with Crippen LogP contribution in [0.2, 0.25) is 0 Å². The minimum absolute atomic E-state index is 0.0928. The van der Waals surface area contributed by atoms with Crippen LogP contribution in [0.5, 0.6) is 5.75 Å². The number of allylic oxidation sites excluding steroid dienone is 1. The van der Waals surface area contributed by atoms with Gasteiger partial charge in [0.2, 0.25) is 0 Å². The van der Waals surface area contributed by atoms with E-state index >= 15 is 0 Å². The first kappa shape index (κ1) is 18.4. The maximum Gasteiger partial charge on any atom is 0.336 e. The first-order valence-electron chi connectivity index (χ1n) is 9.14. The first-order chi connectivity index (χ1) is 14.1. The molecule has 0 saturated heterocycles. The Bertz CT molecular complexity index is 1250. The highest BCUT2D eigenvalue weighted by Crippen LogP contribution is 2.27. The molecule has 0 bridgehead atoms. The summed E-state index contributed by atoms with van der Waals surface area (Å²) in [6.45, 7) is 0. The average Bonchev–Trinajstić information content (AvgIpc) is 2.77. The molecule has 0 aliphatic rings. The number of hydrogen-bond acceptors (Lipinski definition) is 4. The van der Waals surface area contributed by atoms with Gasteiger partial charge >= 0.3 is 5.63 Å². The van der Waals surface area contributed by atoms with Crippen LogP contribution in [0.4, 0.5) is 0 Å². The Labute approximate surface area is 167 Å². The molecule has 29 heavy (non-hydrogen) atoms. The molecule has 0 amide bonds. The van der Waals surface area contributed by atoms with Gasteiger partial charge in [-0.15, -0.1) is 0 Å². The van der Waals surface area contributed by atoms with Gasteiger partial charge in [-0.2, -0.15) is 0 Å². The summed E-state index contributed by atoms with van der Waals surface area (Å²) in [6, 6.07) is 23.5. The van der Waals surface area contributed by atoms with Crippen molar-refractivity contribution in [1.82, 2.24) is 0 Å². The van der Waals surface area contributed by atoms with Crippen molar-refractivity contribution in [2.45, 2.75) is 0 Å². The van der Waals surface area contributed by atoms with E-state index in [0.29, 0.717) is 11.1 Å². The molecular formula is C25H18O4. The number of para-hydroxylation sites is 1. The van der Waals surface area contributed by atoms with Gasteiger partial charge in [0.05, 0.1) is 7.11 Å². The molecule has 4 heteroatoms. The molecule has 4 nitrogen and oxygen atoms in total. The van der Waals surface area contributed by atoms with Gasteiger partial charge in [0.1, 0.15) is 11.3 Å². The van der Waals surface area contributed by atoms with E-state index in [1.165, 1.54) is 6.07 Å². The van der Waals surface area contributed by atoms with Crippen LogP contribution in [0, 0.1) is 0 Å². The van der Waals surface area contributed by atoms with Gasteiger partial charge in [0, 0.05) is 17.0 Å². The molecule has 0 unspecified atom stereocenters. The van der Waals surface area contributed by atoms with Crippen LogP contribution in [0.25, 0.3) is 28.2 Å². The third kappa shape index (κ3) is 4.01. The first-order valence-corrected chi connectivity index (χ1v) is 9.14. The van der Waals surface area contributed by atoms with E-state index in [-0.39, 0.29) is 5.78 Å². The molecule has 0 aliphatic carbocycles. The number of rotatable bonds is 5. The van der Waals surface area contributed by atoms with Crippen molar-refractivity contribution < 1.29 is 13.9 Å². The lowest BCUT2D eigenvalue weighted by Gasteiger charge is -2.06. The van der Waals surface area contributed by atoms with Crippen molar-refractivity contribution >= 4 is 22.8 Å². The molecule has 0 saturated carbocycles. The van der Waals surface area contributed by atoms with E-state index in [1.54, 1.807) is 37.5 Å². The number of benzene rings is 3. The standard InChI is InChI=1S/C25H18O4/c1-28-20-13-6-17(7-14-20)8-15-23(26)19-11-9-18(10-12-19)22-16-25(27)29-24-5-3-2-4-21(22)24/h2-16H,1H3. The fourth-order valence-electron chi connectivity index (χ4n) is 3.15. The smallest absolute Gasteiger partial charge is 0.336 e. The molecule has 1 heterocycles. The van der Waals surface area contributed by atoms with E-state index in [9.17, 15) is 9.59 Å². The van der Waals surface area contributed by atoms with E-state index < -0.39 is 5.63 Å². The van der Waals surface area contributed by atoms with Crippen LogP contribution in [0.1, 0.15) is 15.9 Å². The van der Waals surface area contributed by atoms with E-state index in [4.69, 9.17) is 9.15 Å². The van der Waals surface area contributed by atoms with Gasteiger partial charge in [-0.3, -0.25) is 4.79 Å². The molecular weight excluding hydrogens is 364 g/mol. The second-order valence-corrected chi connectivity index (χ2v) is 6.52. The Morgan fingerprint density at radius 3 is 2.38 bits per heavy atom. The van der Waals surface area contributed by atoms with Crippen molar-refractivity contribution in [2.24, 2.45) is 0 Å². The lowest BCUT2D eigenvalue weighted by atomic mass is 9.99. The molecule has 4 aromatic rings. The summed E-state index contributed by atoms with van der Waals surface area (Å²) in [6.07, 6.45) is 3.31. The number of fused-ring (bicyclic) bond motifs is 1. The summed E-state index contributed by atoms with van der Waals surface area (Å²) in [5.74, 6) is 0.677. The molecule has 1 aromatic heterocycles. The lowest BCUT2D eigenvalue weighted by Crippen LogP contribution is -1.98. The highest BCUT2D eigenvalue weighted by molar-refractivity contribution is 6.07. The number of ether oxygens (including phenoxy) is 1. The second-order valence-electron chi connectivity index (χ2n) is 6.52. The van der Waals surface area contributed by atoms with E-state index in [1.807, 2.05) is 54.6 Å². The van der Waals surface area contributed by atoms with Crippen LogP contribution in [-0.4, -0.2) is 12.9 Å². The van der Waals surface area contributed by atoms with Crippen LogP contribution >= 0.6 is 0 Å². The van der Waals surface area contributed by atoms with Crippen molar-refractivity contribution in [3.63, 3.8) is 0 Å². The molecule has 0 N–H and O–H groups in total. The predicted octanol–water partition coefficient (Wildman–Crippen LogP) is 5.36. The monoisotopic (exact) mass is 382 g/mol. The number of carbonyl (C=O) groups is 1. The van der Waals surface area contributed by atoms with Gasteiger partial charge < -0.3 is 9.15 Å². The van der Waals surface area contributed by atoms with Crippen molar-refractivity contribution in [1.29, 1.82) is 0 Å². The zero-order valence-electron chi connectivity index (χ0n) is 15.8. The summed E-state index contributed by atoms with van der Waals surface area (Å²) in [7, 11) is 1.61. The normalized spacial score (nSPS) is 11.1. The van der Waals surface area contributed by atoms with Gasteiger partial charge in [-0.05, 0) is 41.0 Å². The zero-order chi connectivity index (χ0) is 20.2. The highest BCUT2D eigenvalue weighted by atomic mass is 16.5. The van der Waals surface area contributed by atoms with Crippen molar-refractivity contribution in [3.8, 4) is 16.9 Å². The molecule has 0 spiro atoms. The fraction of sp³-hybridized carbons (Fsp3) is 0.0400. The maximum atomic E-state index is 12.5. The van der Waals surface area contributed by atoms with Gasteiger partial charge in [-0.25, -0.2) is 4.79 Å². The Morgan fingerprint density at radius 1 is 0.931 bits per heavy atom. The summed E-state index contributed by atoms with van der Waals surface area (Å²) >= 11 is 0. The van der Waals surface area contributed by atoms with Gasteiger partial charge in [0.15, 0.2) is 5.78 Å². The number of methoxy groups -OCH3 is 1. The molecule has 0 atom stereocenters. The van der Waals surface area contributed by atoms with Crippen LogP contribution < -0.4 is 10.4 Å². The quantitative estimate of drug-likeness (QED) is 0.265. The molecule has 142 valence electrons. The Morgan fingerprint density at radius 2 is 1.66 bits per heavy atom. The third-order valence-corrected chi connectivity index (χ3v) is 4.67. The van der Waals surface area contributed by atoms with Crippen LogP contribution in [0.15, 0.2) is 94.2 Å². The van der Waals surface area contributed by atoms with Crippen molar-refractivity contribution in [2.75, 3.05) is 7.11 Å². The minimum atomic E-state index is -0.402. The second kappa shape index (κ2) is 7.98.